The number of nitrogens with zero attached hydrogens (tertiary/aromatic N) is 1. The number of amides is 1. The van der Waals surface area contributed by atoms with Gasteiger partial charge in [0.15, 0.2) is 0 Å². The number of hydrogen-bond acceptors (Lipinski definition) is 4. The molecule has 0 fully saturated rings. The summed E-state index contributed by atoms with van der Waals surface area (Å²) in [6.45, 7) is 4.04. The fourth-order valence-electron chi connectivity index (χ4n) is 2.13. The molecule has 0 aliphatic carbocycles. The molecule has 5 heteroatoms. The van der Waals surface area contributed by atoms with Crippen LogP contribution in [0.2, 0.25) is 0 Å². The molecule has 0 aliphatic rings. The van der Waals surface area contributed by atoms with Gasteiger partial charge in [-0.05, 0) is 37.1 Å². The van der Waals surface area contributed by atoms with E-state index in [0.717, 1.165) is 11.1 Å². The number of hydrazone groups is 1. The lowest BCUT2D eigenvalue weighted by atomic mass is 10.1. The molecular formula is C18H20N2O3. The van der Waals surface area contributed by atoms with Crippen LogP contribution in [0.1, 0.15) is 27.0 Å². The summed E-state index contributed by atoms with van der Waals surface area (Å²) < 4.78 is 10.3. The van der Waals surface area contributed by atoms with Gasteiger partial charge in [-0.25, -0.2) is 5.43 Å². The van der Waals surface area contributed by atoms with Gasteiger partial charge in [-0.1, -0.05) is 23.8 Å². The van der Waals surface area contributed by atoms with E-state index in [2.05, 4.69) is 16.6 Å². The Morgan fingerprint density at radius 1 is 1.04 bits per heavy atom. The Labute approximate surface area is 135 Å². The monoisotopic (exact) mass is 312 g/mol. The second-order valence-corrected chi connectivity index (χ2v) is 5.16. The third-order valence-electron chi connectivity index (χ3n) is 3.41. The summed E-state index contributed by atoms with van der Waals surface area (Å²) in [5.41, 5.74) is 6.17. The van der Waals surface area contributed by atoms with E-state index in [0.29, 0.717) is 17.1 Å². The minimum absolute atomic E-state index is 0.330. The molecule has 0 atom stereocenters. The first-order valence-electron chi connectivity index (χ1n) is 7.17. The van der Waals surface area contributed by atoms with Gasteiger partial charge in [-0.15, -0.1) is 0 Å². The number of rotatable bonds is 5. The number of carbonyl (C=O) groups excluding carboxylic acids is 1. The molecule has 2 aromatic carbocycles. The molecule has 0 aromatic heterocycles. The molecular weight excluding hydrogens is 292 g/mol. The summed E-state index contributed by atoms with van der Waals surface area (Å²) in [4.78, 5) is 12.2. The molecule has 5 nitrogen and oxygen atoms in total. The maximum Gasteiger partial charge on any atom is 0.271 e. The van der Waals surface area contributed by atoms with E-state index in [1.165, 1.54) is 19.8 Å². The molecule has 0 unspecified atom stereocenters. The Kier molecular flexibility index (Phi) is 5.36. The number of ether oxygens (including phenoxy) is 2. The number of carbonyl (C=O) groups is 1. The molecule has 1 amide bonds. The van der Waals surface area contributed by atoms with E-state index < -0.39 is 0 Å². The topological polar surface area (TPSA) is 59.9 Å². The molecule has 23 heavy (non-hydrogen) atoms. The first kappa shape index (κ1) is 16.5. The second kappa shape index (κ2) is 7.45. The fraction of sp³-hybridized carbons (Fsp3) is 0.222. The van der Waals surface area contributed by atoms with Crippen LogP contribution in [0.15, 0.2) is 41.5 Å². The highest BCUT2D eigenvalue weighted by molar-refractivity contribution is 5.95. The standard InChI is InChI=1S/C18H20N2O3/c1-12-5-6-14(13(2)7-12)11-19-20-18(21)15-8-16(22-3)10-17(9-15)23-4/h5-11H,1-4H3,(H,20,21). The van der Waals surface area contributed by atoms with Gasteiger partial charge in [0.2, 0.25) is 0 Å². The van der Waals surface area contributed by atoms with Crippen LogP contribution >= 0.6 is 0 Å². The number of methoxy groups -OCH3 is 2. The Morgan fingerprint density at radius 3 is 2.26 bits per heavy atom. The van der Waals surface area contributed by atoms with Gasteiger partial charge in [0.1, 0.15) is 11.5 Å². The maximum absolute atomic E-state index is 12.2. The number of benzene rings is 2. The van der Waals surface area contributed by atoms with Crippen LogP contribution < -0.4 is 14.9 Å². The van der Waals surface area contributed by atoms with Crippen LogP contribution in [-0.2, 0) is 0 Å². The molecule has 2 aromatic rings. The van der Waals surface area contributed by atoms with Gasteiger partial charge in [0.25, 0.3) is 5.91 Å². The van der Waals surface area contributed by atoms with Crippen LogP contribution in [-0.4, -0.2) is 26.3 Å². The Hall–Kier alpha value is -2.82. The summed E-state index contributed by atoms with van der Waals surface area (Å²) >= 11 is 0. The zero-order chi connectivity index (χ0) is 16.8. The minimum Gasteiger partial charge on any atom is -0.497 e. The molecule has 2 rings (SSSR count). The SMILES string of the molecule is COc1cc(OC)cc(C(=O)NN=Cc2ccc(C)cc2C)c1. The van der Waals surface area contributed by atoms with Crippen molar-refractivity contribution in [3.63, 3.8) is 0 Å². The average molecular weight is 312 g/mol. The van der Waals surface area contributed by atoms with Gasteiger partial charge in [0, 0.05) is 11.6 Å². The van der Waals surface area contributed by atoms with E-state index in [1.54, 1.807) is 24.4 Å². The van der Waals surface area contributed by atoms with Crippen molar-refractivity contribution in [3.8, 4) is 11.5 Å². The van der Waals surface area contributed by atoms with E-state index in [4.69, 9.17) is 9.47 Å². The Bertz CT molecular complexity index is 717. The van der Waals surface area contributed by atoms with Crippen molar-refractivity contribution >= 4 is 12.1 Å². The van der Waals surface area contributed by atoms with Crippen molar-refractivity contribution in [3.05, 3.63) is 58.7 Å². The van der Waals surface area contributed by atoms with Crippen molar-refractivity contribution in [1.82, 2.24) is 5.43 Å². The van der Waals surface area contributed by atoms with Crippen LogP contribution in [0.3, 0.4) is 0 Å². The average Bonchev–Trinajstić information content (AvgIpc) is 2.56. The first-order valence-corrected chi connectivity index (χ1v) is 7.17. The summed E-state index contributed by atoms with van der Waals surface area (Å²) in [5, 5.41) is 4.01. The maximum atomic E-state index is 12.2. The van der Waals surface area contributed by atoms with E-state index in [-0.39, 0.29) is 5.91 Å². The molecule has 0 radical (unpaired) electrons. The minimum atomic E-state index is -0.330. The lowest BCUT2D eigenvalue weighted by Crippen LogP contribution is -2.17. The highest BCUT2D eigenvalue weighted by Crippen LogP contribution is 2.22. The first-order chi connectivity index (χ1) is 11.0. The zero-order valence-corrected chi connectivity index (χ0v) is 13.7. The third-order valence-corrected chi connectivity index (χ3v) is 3.41. The van der Waals surface area contributed by atoms with Crippen LogP contribution in [0.25, 0.3) is 0 Å². The normalized spacial score (nSPS) is 10.6. The summed E-state index contributed by atoms with van der Waals surface area (Å²) in [6.07, 6.45) is 1.63. The molecule has 0 bridgehead atoms. The number of nitrogens with one attached hydrogen (secondary N) is 1. The van der Waals surface area contributed by atoms with Crippen molar-refractivity contribution in [2.24, 2.45) is 5.10 Å². The van der Waals surface area contributed by atoms with Gasteiger partial charge in [0.05, 0.1) is 20.4 Å². The second-order valence-electron chi connectivity index (χ2n) is 5.16. The Balaban J connectivity index is 2.11. The van der Waals surface area contributed by atoms with Crippen LogP contribution in [0.4, 0.5) is 0 Å². The predicted octanol–water partition coefficient (Wildman–Crippen LogP) is 3.08. The molecule has 1 N–H and O–H groups in total. The van der Waals surface area contributed by atoms with E-state index in [9.17, 15) is 4.79 Å². The van der Waals surface area contributed by atoms with E-state index in [1.807, 2.05) is 26.0 Å². The molecule has 0 saturated heterocycles. The number of aryl methyl sites for hydroxylation is 2. The van der Waals surface area contributed by atoms with Gasteiger partial charge >= 0.3 is 0 Å². The summed E-state index contributed by atoms with van der Waals surface area (Å²) in [7, 11) is 3.07. The third kappa shape index (κ3) is 4.32. The predicted molar refractivity (Wildman–Crippen MR) is 90.5 cm³/mol. The molecule has 0 spiro atoms. The largest absolute Gasteiger partial charge is 0.497 e. The Morgan fingerprint density at radius 2 is 1.70 bits per heavy atom. The van der Waals surface area contributed by atoms with Crippen LogP contribution in [0, 0.1) is 13.8 Å². The molecule has 0 saturated carbocycles. The molecule has 120 valence electrons. The highest BCUT2D eigenvalue weighted by Gasteiger charge is 2.09. The van der Waals surface area contributed by atoms with E-state index >= 15 is 0 Å². The van der Waals surface area contributed by atoms with Gasteiger partial charge in [-0.2, -0.15) is 5.10 Å². The molecule has 0 heterocycles. The van der Waals surface area contributed by atoms with Gasteiger partial charge in [-0.3, -0.25) is 4.79 Å². The van der Waals surface area contributed by atoms with Gasteiger partial charge < -0.3 is 9.47 Å². The molecule has 0 aliphatic heterocycles. The summed E-state index contributed by atoms with van der Waals surface area (Å²) in [5.74, 6) is 0.768. The van der Waals surface area contributed by atoms with Crippen molar-refractivity contribution in [1.29, 1.82) is 0 Å². The van der Waals surface area contributed by atoms with Crippen molar-refractivity contribution in [2.45, 2.75) is 13.8 Å². The highest BCUT2D eigenvalue weighted by atomic mass is 16.5. The fourth-order valence-corrected chi connectivity index (χ4v) is 2.13. The lowest BCUT2D eigenvalue weighted by Gasteiger charge is -2.07. The summed E-state index contributed by atoms with van der Waals surface area (Å²) in [6, 6.07) is 11.0. The zero-order valence-electron chi connectivity index (χ0n) is 13.7. The lowest BCUT2D eigenvalue weighted by molar-refractivity contribution is 0.0954. The number of hydrogen-bond donors (Lipinski definition) is 1. The van der Waals surface area contributed by atoms with Crippen molar-refractivity contribution in [2.75, 3.05) is 14.2 Å². The smallest absolute Gasteiger partial charge is 0.271 e. The van der Waals surface area contributed by atoms with Crippen LogP contribution in [0.5, 0.6) is 11.5 Å². The van der Waals surface area contributed by atoms with Crippen molar-refractivity contribution < 1.29 is 14.3 Å². The quantitative estimate of drug-likeness (QED) is 0.682.